The molecule has 0 aliphatic heterocycles. The van der Waals surface area contributed by atoms with E-state index in [1.165, 1.54) is 0 Å². The normalized spacial score (nSPS) is 11.0. The van der Waals surface area contributed by atoms with Crippen LogP contribution in [0.3, 0.4) is 0 Å². The number of carbonyl (C=O) groups is 2. The van der Waals surface area contributed by atoms with Gasteiger partial charge in [0.1, 0.15) is 0 Å². The summed E-state index contributed by atoms with van der Waals surface area (Å²) in [5, 5.41) is 5.51. The van der Waals surface area contributed by atoms with E-state index in [1.807, 2.05) is 20.8 Å². The molecule has 0 unspecified atom stereocenters. The van der Waals surface area contributed by atoms with Crippen LogP contribution in [0.5, 0.6) is 0 Å². The molecule has 0 bridgehead atoms. The minimum Gasteiger partial charge on any atom is -0.398 e. The van der Waals surface area contributed by atoms with Gasteiger partial charge in [0.25, 0.3) is 5.91 Å². The molecule has 2 amide bonds. The van der Waals surface area contributed by atoms with Gasteiger partial charge in [-0.1, -0.05) is 15.9 Å². The maximum absolute atomic E-state index is 11.9. The van der Waals surface area contributed by atoms with Crippen molar-refractivity contribution in [2.75, 3.05) is 12.3 Å². The fourth-order valence-electron chi connectivity index (χ4n) is 1.61. The van der Waals surface area contributed by atoms with E-state index in [1.54, 1.807) is 18.2 Å². The van der Waals surface area contributed by atoms with Crippen molar-refractivity contribution in [3.05, 3.63) is 28.2 Å². The van der Waals surface area contributed by atoms with Gasteiger partial charge in [0.15, 0.2) is 0 Å². The number of hydrogen-bond acceptors (Lipinski definition) is 3. The molecule has 0 spiro atoms. The summed E-state index contributed by atoms with van der Waals surface area (Å²) in [6.07, 6.45) is 0.236. The average Bonchev–Trinajstić information content (AvgIpc) is 2.25. The van der Waals surface area contributed by atoms with E-state index in [0.29, 0.717) is 11.3 Å². The second-order valence-electron chi connectivity index (χ2n) is 5.54. The summed E-state index contributed by atoms with van der Waals surface area (Å²) >= 11 is 3.28. The van der Waals surface area contributed by atoms with E-state index in [9.17, 15) is 9.59 Å². The molecule has 0 aliphatic rings. The van der Waals surface area contributed by atoms with Gasteiger partial charge in [0, 0.05) is 28.7 Å². The first-order valence-electron chi connectivity index (χ1n) is 6.33. The van der Waals surface area contributed by atoms with E-state index in [-0.39, 0.29) is 30.3 Å². The molecule has 110 valence electrons. The zero-order chi connectivity index (χ0) is 15.3. The van der Waals surface area contributed by atoms with Crippen molar-refractivity contribution in [2.24, 2.45) is 0 Å². The third-order valence-electron chi connectivity index (χ3n) is 2.41. The van der Waals surface area contributed by atoms with E-state index >= 15 is 0 Å². The lowest BCUT2D eigenvalue weighted by Crippen LogP contribution is -2.42. The van der Waals surface area contributed by atoms with Gasteiger partial charge in [-0.15, -0.1) is 0 Å². The van der Waals surface area contributed by atoms with Crippen molar-refractivity contribution >= 4 is 33.4 Å². The number of halogens is 1. The quantitative estimate of drug-likeness (QED) is 0.733. The molecule has 0 aliphatic carbocycles. The Hall–Kier alpha value is -1.56. The van der Waals surface area contributed by atoms with E-state index < -0.39 is 0 Å². The smallest absolute Gasteiger partial charge is 0.253 e. The van der Waals surface area contributed by atoms with Crippen LogP contribution in [0.15, 0.2) is 22.7 Å². The lowest BCUT2D eigenvalue weighted by molar-refractivity contribution is -0.122. The first-order valence-corrected chi connectivity index (χ1v) is 7.12. The Morgan fingerprint density at radius 3 is 2.50 bits per heavy atom. The number of carbonyl (C=O) groups excluding carboxylic acids is 2. The summed E-state index contributed by atoms with van der Waals surface area (Å²) in [5.74, 6) is -0.375. The van der Waals surface area contributed by atoms with Crippen molar-refractivity contribution in [1.82, 2.24) is 10.6 Å². The molecule has 0 fully saturated rings. The highest BCUT2D eigenvalue weighted by Crippen LogP contribution is 2.18. The molecule has 1 aromatic carbocycles. The second-order valence-corrected chi connectivity index (χ2v) is 6.45. The van der Waals surface area contributed by atoms with Crippen LogP contribution in [-0.2, 0) is 4.79 Å². The predicted octanol–water partition coefficient (Wildman–Crippen LogP) is 2.07. The van der Waals surface area contributed by atoms with Crippen LogP contribution in [-0.4, -0.2) is 23.9 Å². The Balaban J connectivity index is 2.46. The summed E-state index contributed by atoms with van der Waals surface area (Å²) in [4.78, 5) is 23.5. The molecule has 0 saturated heterocycles. The first kappa shape index (κ1) is 16.5. The lowest BCUT2D eigenvalue weighted by atomic mass is 10.1. The molecule has 6 heteroatoms. The molecule has 1 rings (SSSR count). The van der Waals surface area contributed by atoms with Gasteiger partial charge < -0.3 is 16.4 Å². The van der Waals surface area contributed by atoms with E-state index in [4.69, 9.17) is 5.73 Å². The van der Waals surface area contributed by atoms with Crippen molar-refractivity contribution in [3.63, 3.8) is 0 Å². The second kappa shape index (κ2) is 6.74. The molecule has 20 heavy (non-hydrogen) atoms. The number of nitrogen functional groups attached to an aromatic ring is 1. The Bertz CT molecular complexity index is 510. The standard InChI is InChI=1S/C14H20BrN3O2/c1-14(2,3)18-12(19)6-7-17-13(20)10-5-4-9(15)8-11(10)16/h4-5,8H,6-7,16H2,1-3H3,(H,17,20)(H,18,19). The number of rotatable bonds is 4. The van der Waals surface area contributed by atoms with Crippen LogP contribution in [0.4, 0.5) is 5.69 Å². The van der Waals surface area contributed by atoms with Crippen molar-refractivity contribution < 1.29 is 9.59 Å². The lowest BCUT2D eigenvalue weighted by Gasteiger charge is -2.20. The molecule has 0 aromatic heterocycles. The van der Waals surface area contributed by atoms with Gasteiger partial charge in [-0.3, -0.25) is 9.59 Å². The van der Waals surface area contributed by atoms with E-state index in [2.05, 4.69) is 26.6 Å². The molecule has 5 nitrogen and oxygen atoms in total. The number of amides is 2. The molecule has 0 atom stereocenters. The fourth-order valence-corrected chi connectivity index (χ4v) is 1.98. The van der Waals surface area contributed by atoms with Gasteiger partial charge in [-0.2, -0.15) is 0 Å². The summed E-state index contributed by atoms with van der Waals surface area (Å²) in [5.41, 5.74) is 6.31. The van der Waals surface area contributed by atoms with Gasteiger partial charge >= 0.3 is 0 Å². The van der Waals surface area contributed by atoms with Crippen LogP contribution in [0.25, 0.3) is 0 Å². The Labute approximate surface area is 127 Å². The van der Waals surface area contributed by atoms with Gasteiger partial charge in [0.2, 0.25) is 5.91 Å². The zero-order valence-electron chi connectivity index (χ0n) is 11.9. The summed E-state index contributed by atoms with van der Waals surface area (Å²) < 4.78 is 0.816. The van der Waals surface area contributed by atoms with Crippen LogP contribution >= 0.6 is 15.9 Å². The van der Waals surface area contributed by atoms with Crippen LogP contribution in [0.2, 0.25) is 0 Å². The number of benzene rings is 1. The molecule has 1 aromatic rings. The number of nitrogens with one attached hydrogen (secondary N) is 2. The largest absolute Gasteiger partial charge is 0.398 e. The maximum atomic E-state index is 11.9. The third-order valence-corrected chi connectivity index (χ3v) is 2.90. The molecular formula is C14H20BrN3O2. The minimum absolute atomic E-state index is 0.0958. The Kier molecular flexibility index (Phi) is 5.56. The minimum atomic E-state index is -0.279. The van der Waals surface area contributed by atoms with Gasteiger partial charge in [-0.05, 0) is 39.0 Å². The van der Waals surface area contributed by atoms with Gasteiger partial charge in [-0.25, -0.2) is 0 Å². The molecule has 0 heterocycles. The molecule has 0 radical (unpaired) electrons. The summed E-state index contributed by atoms with van der Waals surface area (Å²) in [6.45, 7) is 6.00. The monoisotopic (exact) mass is 341 g/mol. The topological polar surface area (TPSA) is 84.2 Å². The molecule has 4 N–H and O–H groups in total. The average molecular weight is 342 g/mol. The highest BCUT2D eigenvalue weighted by atomic mass is 79.9. The molecule has 0 saturated carbocycles. The maximum Gasteiger partial charge on any atom is 0.253 e. The van der Waals surface area contributed by atoms with Crippen molar-refractivity contribution in [3.8, 4) is 0 Å². The zero-order valence-corrected chi connectivity index (χ0v) is 13.5. The number of nitrogens with two attached hydrogens (primary N) is 1. The van der Waals surface area contributed by atoms with E-state index in [0.717, 1.165) is 4.47 Å². The van der Waals surface area contributed by atoms with Crippen molar-refractivity contribution in [2.45, 2.75) is 32.7 Å². The SMILES string of the molecule is CC(C)(C)NC(=O)CCNC(=O)c1ccc(Br)cc1N. The predicted molar refractivity (Wildman–Crippen MR) is 83.4 cm³/mol. The Morgan fingerprint density at radius 1 is 1.30 bits per heavy atom. The summed E-state index contributed by atoms with van der Waals surface area (Å²) in [6, 6.07) is 5.06. The highest BCUT2D eigenvalue weighted by Gasteiger charge is 2.14. The Morgan fingerprint density at radius 2 is 1.95 bits per heavy atom. The van der Waals surface area contributed by atoms with Crippen molar-refractivity contribution in [1.29, 1.82) is 0 Å². The first-order chi connectivity index (χ1) is 9.19. The third kappa shape index (κ3) is 5.61. The number of anilines is 1. The fraction of sp³-hybridized carbons (Fsp3) is 0.429. The van der Waals surface area contributed by atoms with Crippen LogP contribution in [0.1, 0.15) is 37.6 Å². The molecular weight excluding hydrogens is 322 g/mol. The highest BCUT2D eigenvalue weighted by molar-refractivity contribution is 9.10. The summed E-state index contributed by atoms with van der Waals surface area (Å²) in [7, 11) is 0. The van der Waals surface area contributed by atoms with Gasteiger partial charge in [0.05, 0.1) is 5.56 Å². The van der Waals surface area contributed by atoms with Crippen LogP contribution < -0.4 is 16.4 Å². The van der Waals surface area contributed by atoms with Crippen LogP contribution in [0, 0.1) is 0 Å². The number of hydrogen-bond donors (Lipinski definition) is 3.